The summed E-state index contributed by atoms with van der Waals surface area (Å²) in [6.07, 6.45) is 0. The van der Waals surface area contributed by atoms with Crippen LogP contribution in [-0.4, -0.2) is 24.0 Å². The number of rotatable bonds is 5. The summed E-state index contributed by atoms with van der Waals surface area (Å²) < 4.78 is 6.22. The zero-order valence-corrected chi connectivity index (χ0v) is 17.7. The fourth-order valence-corrected chi connectivity index (χ4v) is 3.97. The van der Waals surface area contributed by atoms with E-state index in [0.717, 1.165) is 10.3 Å². The molecule has 4 aromatic rings. The molecular formula is C23H20N4O3S. The predicted molar refractivity (Wildman–Crippen MR) is 124 cm³/mol. The quantitative estimate of drug-likeness (QED) is 0.388. The van der Waals surface area contributed by atoms with Gasteiger partial charge in [-0.2, -0.15) is 0 Å². The molecule has 3 aromatic carbocycles. The monoisotopic (exact) mass is 432 g/mol. The average molecular weight is 433 g/mol. The molecule has 0 spiro atoms. The van der Waals surface area contributed by atoms with Gasteiger partial charge in [0.25, 0.3) is 5.91 Å². The topological polar surface area (TPSA) is 92.4 Å². The van der Waals surface area contributed by atoms with E-state index in [0.29, 0.717) is 33.3 Å². The van der Waals surface area contributed by atoms with Crippen LogP contribution in [0.4, 0.5) is 21.3 Å². The van der Waals surface area contributed by atoms with E-state index in [1.54, 1.807) is 36.4 Å². The van der Waals surface area contributed by atoms with E-state index in [1.165, 1.54) is 18.4 Å². The van der Waals surface area contributed by atoms with Gasteiger partial charge in [0.15, 0.2) is 5.13 Å². The number of benzene rings is 3. The number of aromatic nitrogens is 1. The lowest BCUT2D eigenvalue weighted by Gasteiger charge is -2.09. The summed E-state index contributed by atoms with van der Waals surface area (Å²) in [6, 6.07) is 19.6. The Labute approximate surface area is 183 Å². The molecule has 0 radical (unpaired) electrons. The summed E-state index contributed by atoms with van der Waals surface area (Å²) in [5.41, 5.74) is 3.47. The maximum atomic E-state index is 12.4. The number of hydrogen-bond acceptors (Lipinski definition) is 5. The smallest absolute Gasteiger partial charge is 0.323 e. The minimum Gasteiger partial charge on any atom is -0.494 e. The zero-order chi connectivity index (χ0) is 21.8. The number of methoxy groups -OCH3 is 1. The number of hydrogen-bond donors (Lipinski definition) is 3. The zero-order valence-electron chi connectivity index (χ0n) is 16.9. The van der Waals surface area contributed by atoms with Crippen LogP contribution in [0.3, 0.4) is 0 Å². The number of carbonyl (C=O) groups is 2. The summed E-state index contributed by atoms with van der Waals surface area (Å²) in [4.78, 5) is 29.3. The maximum absolute atomic E-state index is 12.4. The first kappa shape index (κ1) is 20.4. The Morgan fingerprint density at radius 2 is 1.68 bits per heavy atom. The number of ether oxygens (including phenoxy) is 1. The summed E-state index contributed by atoms with van der Waals surface area (Å²) >= 11 is 1.30. The van der Waals surface area contributed by atoms with Crippen LogP contribution in [0, 0.1) is 6.92 Å². The first-order valence-corrected chi connectivity index (χ1v) is 10.3. The molecule has 0 aliphatic rings. The molecule has 1 heterocycles. The highest BCUT2D eigenvalue weighted by Gasteiger charge is 2.15. The van der Waals surface area contributed by atoms with Gasteiger partial charge in [-0.05, 0) is 42.8 Å². The summed E-state index contributed by atoms with van der Waals surface area (Å²) in [6.45, 7) is 1.96. The molecule has 0 unspecified atom stereocenters. The van der Waals surface area contributed by atoms with Crippen molar-refractivity contribution in [2.75, 3.05) is 23.1 Å². The first-order chi connectivity index (χ1) is 15.0. The Balaban J connectivity index is 1.54. The van der Waals surface area contributed by atoms with Crippen molar-refractivity contribution < 1.29 is 14.3 Å². The minimum atomic E-state index is -0.367. The van der Waals surface area contributed by atoms with Gasteiger partial charge < -0.3 is 15.4 Å². The van der Waals surface area contributed by atoms with Crippen molar-refractivity contribution in [3.05, 3.63) is 77.9 Å². The fourth-order valence-electron chi connectivity index (χ4n) is 3.06. The van der Waals surface area contributed by atoms with E-state index in [9.17, 15) is 9.59 Å². The maximum Gasteiger partial charge on any atom is 0.323 e. The summed E-state index contributed by atoms with van der Waals surface area (Å²) in [5.74, 6) is 0.259. The molecule has 8 heteroatoms. The minimum absolute atomic E-state index is 0.241. The van der Waals surface area contributed by atoms with E-state index < -0.39 is 0 Å². The number of urea groups is 1. The molecule has 7 nitrogen and oxygen atoms in total. The van der Waals surface area contributed by atoms with Crippen LogP contribution < -0.4 is 20.7 Å². The number of carbonyl (C=O) groups excluding carboxylic acids is 2. The second-order valence-corrected chi connectivity index (χ2v) is 7.84. The van der Waals surface area contributed by atoms with Gasteiger partial charge in [0.2, 0.25) is 0 Å². The van der Waals surface area contributed by atoms with Crippen LogP contribution in [-0.2, 0) is 0 Å². The van der Waals surface area contributed by atoms with Crippen LogP contribution in [0.2, 0.25) is 0 Å². The number of nitrogens with zero attached hydrogens (tertiary/aromatic N) is 1. The number of thiazole rings is 1. The highest BCUT2D eigenvalue weighted by Crippen LogP contribution is 2.35. The van der Waals surface area contributed by atoms with Gasteiger partial charge in [0.1, 0.15) is 11.3 Å². The molecule has 0 aliphatic heterocycles. The normalized spacial score (nSPS) is 10.5. The van der Waals surface area contributed by atoms with Crippen molar-refractivity contribution in [3.63, 3.8) is 0 Å². The standard InChI is InChI=1S/C23H20N4O3S/c1-14-7-6-10-16(11-14)24-22(29)25-17-12-18(30-2)20-19(13-17)31-23(26-20)27-21(28)15-8-4-3-5-9-15/h3-13H,1-2H3,(H2,24,25,29)(H,26,27,28). The lowest BCUT2D eigenvalue weighted by molar-refractivity contribution is 0.102. The molecule has 0 saturated heterocycles. The highest BCUT2D eigenvalue weighted by molar-refractivity contribution is 7.22. The second-order valence-electron chi connectivity index (χ2n) is 6.81. The van der Waals surface area contributed by atoms with Crippen LogP contribution in [0.1, 0.15) is 15.9 Å². The van der Waals surface area contributed by atoms with Crippen LogP contribution in [0.25, 0.3) is 10.2 Å². The molecule has 0 aliphatic carbocycles. The van der Waals surface area contributed by atoms with E-state index in [1.807, 2.05) is 37.3 Å². The first-order valence-electron chi connectivity index (χ1n) is 9.51. The lowest BCUT2D eigenvalue weighted by Crippen LogP contribution is -2.19. The molecular weight excluding hydrogens is 412 g/mol. The summed E-state index contributed by atoms with van der Waals surface area (Å²) in [5, 5.41) is 8.88. The lowest BCUT2D eigenvalue weighted by atomic mass is 10.2. The van der Waals surface area contributed by atoms with Crippen LogP contribution in [0.15, 0.2) is 66.7 Å². The third-order valence-electron chi connectivity index (χ3n) is 4.47. The number of anilines is 3. The van der Waals surface area contributed by atoms with Gasteiger partial charge in [-0.15, -0.1) is 0 Å². The number of amides is 3. The van der Waals surface area contributed by atoms with E-state index in [2.05, 4.69) is 20.9 Å². The molecule has 0 saturated carbocycles. The Hall–Kier alpha value is -3.91. The number of fused-ring (bicyclic) bond motifs is 1. The van der Waals surface area contributed by atoms with Crippen molar-refractivity contribution in [2.45, 2.75) is 6.92 Å². The van der Waals surface area contributed by atoms with E-state index in [-0.39, 0.29) is 11.9 Å². The fraction of sp³-hybridized carbons (Fsp3) is 0.0870. The Bertz CT molecular complexity index is 1250. The largest absolute Gasteiger partial charge is 0.494 e. The molecule has 4 rings (SSSR count). The van der Waals surface area contributed by atoms with Gasteiger partial charge in [0, 0.05) is 23.0 Å². The molecule has 1 aromatic heterocycles. The molecule has 0 atom stereocenters. The van der Waals surface area contributed by atoms with Crippen molar-refractivity contribution in [3.8, 4) is 5.75 Å². The van der Waals surface area contributed by atoms with Gasteiger partial charge in [-0.25, -0.2) is 9.78 Å². The van der Waals surface area contributed by atoms with Crippen molar-refractivity contribution in [1.82, 2.24) is 4.98 Å². The highest BCUT2D eigenvalue weighted by atomic mass is 32.1. The van der Waals surface area contributed by atoms with Gasteiger partial charge in [-0.1, -0.05) is 41.7 Å². The van der Waals surface area contributed by atoms with Crippen LogP contribution >= 0.6 is 11.3 Å². The van der Waals surface area contributed by atoms with Gasteiger partial charge in [-0.3, -0.25) is 10.1 Å². The van der Waals surface area contributed by atoms with Crippen molar-refractivity contribution >= 4 is 50.0 Å². The molecule has 156 valence electrons. The van der Waals surface area contributed by atoms with E-state index >= 15 is 0 Å². The number of aryl methyl sites for hydroxylation is 1. The Kier molecular flexibility index (Phi) is 5.81. The third kappa shape index (κ3) is 4.81. The number of nitrogens with one attached hydrogen (secondary N) is 3. The van der Waals surface area contributed by atoms with Gasteiger partial charge >= 0.3 is 6.03 Å². The molecule has 3 amide bonds. The predicted octanol–water partition coefficient (Wildman–Crippen LogP) is 5.51. The van der Waals surface area contributed by atoms with E-state index in [4.69, 9.17) is 4.74 Å². The van der Waals surface area contributed by atoms with Crippen molar-refractivity contribution in [1.29, 1.82) is 0 Å². The molecule has 31 heavy (non-hydrogen) atoms. The SMILES string of the molecule is COc1cc(NC(=O)Nc2cccc(C)c2)cc2sc(NC(=O)c3ccccc3)nc12. The summed E-state index contributed by atoms with van der Waals surface area (Å²) in [7, 11) is 1.53. The second kappa shape index (κ2) is 8.85. The average Bonchev–Trinajstić information content (AvgIpc) is 3.16. The molecule has 3 N–H and O–H groups in total. The van der Waals surface area contributed by atoms with Crippen LogP contribution in [0.5, 0.6) is 5.75 Å². The Morgan fingerprint density at radius 1 is 0.903 bits per heavy atom. The molecule has 0 fully saturated rings. The Morgan fingerprint density at radius 3 is 2.42 bits per heavy atom. The van der Waals surface area contributed by atoms with Crippen molar-refractivity contribution in [2.24, 2.45) is 0 Å². The van der Waals surface area contributed by atoms with Gasteiger partial charge in [0.05, 0.1) is 11.8 Å². The molecule has 0 bridgehead atoms. The third-order valence-corrected chi connectivity index (χ3v) is 5.39.